The maximum atomic E-state index is 13.5. The fourth-order valence-corrected chi connectivity index (χ4v) is 2.77. The van der Waals surface area contributed by atoms with Gasteiger partial charge in [0.1, 0.15) is 12.1 Å². The molecule has 1 aliphatic heterocycles. The minimum atomic E-state index is -0.390. The van der Waals surface area contributed by atoms with Crippen molar-refractivity contribution in [3.8, 4) is 0 Å². The second kappa shape index (κ2) is 5.06. The molecule has 4 rings (SSSR count). The predicted octanol–water partition coefficient (Wildman–Crippen LogP) is 3.21. The minimum Gasteiger partial charge on any atom is -0.286 e. The van der Waals surface area contributed by atoms with Crippen LogP contribution in [0.15, 0.2) is 36.9 Å². The molecule has 110 valence electrons. The van der Waals surface area contributed by atoms with E-state index in [1.54, 1.807) is 18.5 Å². The van der Waals surface area contributed by atoms with E-state index >= 15 is 0 Å². The van der Waals surface area contributed by atoms with Crippen molar-refractivity contribution in [3.63, 3.8) is 0 Å². The Morgan fingerprint density at radius 2 is 2.18 bits per heavy atom. The van der Waals surface area contributed by atoms with Crippen molar-refractivity contribution in [1.82, 2.24) is 15.0 Å². The van der Waals surface area contributed by atoms with Crippen LogP contribution >= 0.6 is 11.6 Å². The average Bonchev–Trinajstić information content (AvgIpc) is 2.90. The topological polar surface area (TPSA) is 53.9 Å². The molecule has 22 heavy (non-hydrogen) atoms. The molecule has 0 saturated carbocycles. The van der Waals surface area contributed by atoms with Crippen LogP contribution in [0.2, 0.25) is 5.02 Å². The molecule has 0 amide bonds. The summed E-state index contributed by atoms with van der Waals surface area (Å²) >= 11 is 5.89. The van der Waals surface area contributed by atoms with Crippen LogP contribution in [0, 0.1) is 5.82 Å². The van der Waals surface area contributed by atoms with E-state index < -0.39 is 0 Å². The van der Waals surface area contributed by atoms with Gasteiger partial charge in [-0.25, -0.2) is 14.4 Å². The van der Waals surface area contributed by atoms with E-state index in [-0.39, 0.29) is 10.8 Å². The van der Waals surface area contributed by atoms with Crippen molar-refractivity contribution in [2.24, 2.45) is 0 Å². The van der Waals surface area contributed by atoms with Crippen LogP contribution in [-0.4, -0.2) is 21.5 Å². The molecule has 3 aromatic rings. The van der Waals surface area contributed by atoms with Gasteiger partial charge in [0.25, 0.3) is 0 Å². The standard InChI is InChI=1S/C15H11ClFN5/c16-11-6-14-9(5-12(11)17)2-4-22(14)21-15-10-7-18-3-1-13(10)19-8-20-15/h1,3,5-8H,2,4H2,(H,19,20,21). The molecule has 3 heterocycles. The smallest absolute Gasteiger partial charge is 0.157 e. The first kappa shape index (κ1) is 13.2. The Morgan fingerprint density at radius 1 is 1.27 bits per heavy atom. The van der Waals surface area contributed by atoms with Gasteiger partial charge in [0.05, 0.1) is 21.6 Å². The first-order chi connectivity index (χ1) is 10.7. The Balaban J connectivity index is 1.72. The highest BCUT2D eigenvalue weighted by atomic mass is 35.5. The molecule has 0 saturated heterocycles. The number of anilines is 2. The van der Waals surface area contributed by atoms with Crippen molar-refractivity contribution < 1.29 is 4.39 Å². The summed E-state index contributed by atoms with van der Waals surface area (Å²) < 4.78 is 13.5. The lowest BCUT2D eigenvalue weighted by molar-refractivity contribution is 0.627. The molecule has 0 fully saturated rings. The van der Waals surface area contributed by atoms with E-state index in [4.69, 9.17) is 11.6 Å². The van der Waals surface area contributed by atoms with Crippen molar-refractivity contribution >= 4 is 34.0 Å². The lowest BCUT2D eigenvalue weighted by Gasteiger charge is -2.21. The van der Waals surface area contributed by atoms with Crippen molar-refractivity contribution in [3.05, 3.63) is 53.3 Å². The highest BCUT2D eigenvalue weighted by Crippen LogP contribution is 2.33. The highest BCUT2D eigenvalue weighted by Gasteiger charge is 2.22. The summed E-state index contributed by atoms with van der Waals surface area (Å²) in [4.78, 5) is 12.6. The van der Waals surface area contributed by atoms with Gasteiger partial charge in [-0.05, 0) is 30.2 Å². The van der Waals surface area contributed by atoms with Gasteiger partial charge >= 0.3 is 0 Å². The molecule has 2 aromatic heterocycles. The van der Waals surface area contributed by atoms with E-state index in [0.29, 0.717) is 12.4 Å². The summed E-state index contributed by atoms with van der Waals surface area (Å²) in [5, 5.41) is 2.85. The van der Waals surface area contributed by atoms with Crippen molar-refractivity contribution in [1.29, 1.82) is 0 Å². The number of fused-ring (bicyclic) bond motifs is 2. The van der Waals surface area contributed by atoms with Gasteiger partial charge in [-0.15, -0.1) is 0 Å². The van der Waals surface area contributed by atoms with Crippen molar-refractivity contribution in [2.45, 2.75) is 6.42 Å². The number of pyridine rings is 1. The number of benzene rings is 1. The average molecular weight is 316 g/mol. The van der Waals surface area contributed by atoms with Gasteiger partial charge in [-0.1, -0.05) is 11.6 Å². The Kier molecular flexibility index (Phi) is 3.04. The minimum absolute atomic E-state index is 0.113. The van der Waals surface area contributed by atoms with E-state index in [9.17, 15) is 4.39 Å². The Bertz CT molecular complexity index is 864. The zero-order valence-electron chi connectivity index (χ0n) is 11.4. The fourth-order valence-electron chi connectivity index (χ4n) is 2.62. The molecule has 0 atom stereocenters. The van der Waals surface area contributed by atoms with Crippen LogP contribution < -0.4 is 10.4 Å². The lowest BCUT2D eigenvalue weighted by Crippen LogP contribution is -2.28. The maximum Gasteiger partial charge on any atom is 0.157 e. The molecular formula is C15H11ClFN5. The molecule has 1 aliphatic rings. The zero-order valence-corrected chi connectivity index (χ0v) is 12.2. The summed E-state index contributed by atoms with van der Waals surface area (Å²) in [7, 11) is 0. The maximum absolute atomic E-state index is 13.5. The highest BCUT2D eigenvalue weighted by molar-refractivity contribution is 6.31. The fraction of sp³-hybridized carbons (Fsp3) is 0.133. The van der Waals surface area contributed by atoms with Crippen LogP contribution in [0.1, 0.15) is 5.56 Å². The number of aromatic nitrogens is 3. The second-order valence-electron chi connectivity index (χ2n) is 5.02. The second-order valence-corrected chi connectivity index (χ2v) is 5.43. The van der Waals surface area contributed by atoms with Crippen LogP contribution in [0.5, 0.6) is 0 Å². The first-order valence-corrected chi connectivity index (χ1v) is 7.17. The third kappa shape index (κ3) is 2.12. The van der Waals surface area contributed by atoms with E-state index in [1.165, 1.54) is 12.4 Å². The van der Waals surface area contributed by atoms with Gasteiger partial charge in [-0.3, -0.25) is 15.4 Å². The van der Waals surface area contributed by atoms with Crippen LogP contribution in [0.3, 0.4) is 0 Å². The largest absolute Gasteiger partial charge is 0.286 e. The van der Waals surface area contributed by atoms with E-state index in [1.807, 2.05) is 11.1 Å². The first-order valence-electron chi connectivity index (χ1n) is 6.79. The van der Waals surface area contributed by atoms with E-state index in [0.717, 1.165) is 28.6 Å². The number of hydrogen-bond donors (Lipinski definition) is 1. The van der Waals surface area contributed by atoms with Gasteiger partial charge < -0.3 is 0 Å². The molecule has 0 unspecified atom stereocenters. The molecule has 0 bridgehead atoms. The SMILES string of the molecule is Fc1cc2c(cc1Cl)N(Nc1ncnc3ccncc13)CC2. The Labute approximate surface area is 130 Å². The quantitative estimate of drug-likeness (QED) is 0.787. The third-order valence-corrected chi connectivity index (χ3v) is 3.98. The van der Waals surface area contributed by atoms with Crippen LogP contribution in [0.25, 0.3) is 10.9 Å². The molecule has 5 nitrogen and oxygen atoms in total. The third-order valence-electron chi connectivity index (χ3n) is 3.69. The summed E-state index contributed by atoms with van der Waals surface area (Å²) in [5.41, 5.74) is 5.84. The summed E-state index contributed by atoms with van der Waals surface area (Å²) in [6.07, 6.45) is 5.65. The monoisotopic (exact) mass is 315 g/mol. The Morgan fingerprint density at radius 3 is 3.09 bits per heavy atom. The molecular weight excluding hydrogens is 305 g/mol. The molecule has 7 heteroatoms. The number of halogens is 2. The lowest BCUT2D eigenvalue weighted by atomic mass is 10.2. The summed E-state index contributed by atoms with van der Waals surface area (Å²) in [6.45, 7) is 0.709. The summed E-state index contributed by atoms with van der Waals surface area (Å²) in [5.74, 6) is 0.269. The molecule has 0 spiro atoms. The van der Waals surface area contributed by atoms with Gasteiger partial charge in [-0.2, -0.15) is 0 Å². The molecule has 1 aromatic carbocycles. The number of nitrogens with one attached hydrogen (secondary N) is 1. The normalized spacial score (nSPS) is 13.5. The van der Waals surface area contributed by atoms with Crippen molar-refractivity contribution in [2.75, 3.05) is 17.0 Å². The zero-order chi connectivity index (χ0) is 15.1. The molecule has 0 aliphatic carbocycles. The van der Waals surface area contributed by atoms with Crippen LogP contribution in [0.4, 0.5) is 15.9 Å². The number of hydrazine groups is 1. The van der Waals surface area contributed by atoms with Gasteiger partial charge in [0.15, 0.2) is 5.82 Å². The number of hydrogen-bond acceptors (Lipinski definition) is 5. The van der Waals surface area contributed by atoms with Crippen LogP contribution in [-0.2, 0) is 6.42 Å². The molecule has 1 N–H and O–H groups in total. The van der Waals surface area contributed by atoms with E-state index in [2.05, 4.69) is 20.4 Å². The molecule has 0 radical (unpaired) electrons. The number of nitrogens with zero attached hydrogens (tertiary/aromatic N) is 4. The summed E-state index contributed by atoms with van der Waals surface area (Å²) in [6, 6.07) is 4.94. The van der Waals surface area contributed by atoms with Gasteiger partial charge in [0.2, 0.25) is 0 Å². The predicted molar refractivity (Wildman–Crippen MR) is 83.4 cm³/mol. The van der Waals surface area contributed by atoms with Gasteiger partial charge in [0, 0.05) is 18.9 Å². The number of rotatable bonds is 2. The Hall–Kier alpha value is -2.47.